The van der Waals surface area contributed by atoms with Gasteiger partial charge in [-0.05, 0) is 60.9 Å². The second-order valence-electron chi connectivity index (χ2n) is 6.82. The molecule has 0 radical (unpaired) electrons. The zero-order valence-corrected chi connectivity index (χ0v) is 17.4. The second kappa shape index (κ2) is 10.0. The number of carbonyl (C=O) groups is 2. The summed E-state index contributed by atoms with van der Waals surface area (Å²) in [5.74, 6) is 0.316. The molecule has 0 spiro atoms. The molecule has 2 aromatic rings. The number of hydrogen-bond donors (Lipinski definition) is 3. The summed E-state index contributed by atoms with van der Waals surface area (Å²) in [5, 5.41) is 2.54. The van der Waals surface area contributed by atoms with E-state index in [2.05, 4.69) is 24.6 Å². The lowest BCUT2D eigenvalue weighted by Gasteiger charge is -2.10. The van der Waals surface area contributed by atoms with Crippen LogP contribution in [0.4, 0.5) is 5.69 Å². The van der Waals surface area contributed by atoms with Gasteiger partial charge in [0.2, 0.25) is 5.91 Å². The highest BCUT2D eigenvalue weighted by molar-refractivity contribution is 7.89. The van der Waals surface area contributed by atoms with Crippen molar-refractivity contribution in [2.75, 3.05) is 11.9 Å². The highest BCUT2D eigenvalue weighted by Crippen LogP contribution is 2.15. The predicted molar refractivity (Wildman–Crippen MR) is 110 cm³/mol. The standard InChI is InChI=1S/C20H25N3O5S/c1-14(2)12-13-28-18-8-4-16(5-9-18)20(25)22-23-29(26,27)19-10-6-17(7-11-19)21-15(3)24/h4-11,14,23H,12-13H2,1-3H3,(H,21,24)(H,22,25). The van der Waals surface area contributed by atoms with E-state index >= 15 is 0 Å². The van der Waals surface area contributed by atoms with E-state index in [1.54, 1.807) is 24.3 Å². The van der Waals surface area contributed by atoms with Crippen molar-refractivity contribution in [3.8, 4) is 5.75 Å². The summed E-state index contributed by atoms with van der Waals surface area (Å²) in [6.07, 6.45) is 0.926. The Morgan fingerprint density at radius 1 is 1.00 bits per heavy atom. The van der Waals surface area contributed by atoms with Crippen LogP contribution in [0.5, 0.6) is 5.75 Å². The summed E-state index contributed by atoms with van der Waals surface area (Å²) < 4.78 is 30.2. The molecule has 8 nitrogen and oxygen atoms in total. The molecule has 0 saturated heterocycles. The fourth-order valence-electron chi connectivity index (χ4n) is 2.28. The third kappa shape index (κ3) is 7.20. The van der Waals surface area contributed by atoms with Gasteiger partial charge in [0.1, 0.15) is 5.75 Å². The van der Waals surface area contributed by atoms with Gasteiger partial charge in [-0.1, -0.05) is 13.8 Å². The molecule has 0 fully saturated rings. The smallest absolute Gasteiger partial charge is 0.266 e. The van der Waals surface area contributed by atoms with Crippen LogP contribution in [0.3, 0.4) is 0 Å². The zero-order chi connectivity index (χ0) is 21.4. The van der Waals surface area contributed by atoms with Crippen molar-refractivity contribution in [3.63, 3.8) is 0 Å². The molecule has 0 aliphatic carbocycles. The van der Waals surface area contributed by atoms with E-state index < -0.39 is 15.9 Å². The Morgan fingerprint density at radius 3 is 2.17 bits per heavy atom. The SMILES string of the molecule is CC(=O)Nc1ccc(S(=O)(=O)NNC(=O)c2ccc(OCCC(C)C)cc2)cc1. The van der Waals surface area contributed by atoms with Gasteiger partial charge in [0.15, 0.2) is 0 Å². The van der Waals surface area contributed by atoms with Crippen LogP contribution in [-0.4, -0.2) is 26.8 Å². The van der Waals surface area contributed by atoms with Gasteiger partial charge < -0.3 is 10.1 Å². The first kappa shape index (κ1) is 22.4. The fourth-order valence-corrected chi connectivity index (χ4v) is 3.12. The first-order valence-electron chi connectivity index (χ1n) is 9.10. The average molecular weight is 420 g/mol. The molecule has 2 rings (SSSR count). The molecule has 3 N–H and O–H groups in total. The van der Waals surface area contributed by atoms with E-state index in [1.807, 2.05) is 4.83 Å². The van der Waals surface area contributed by atoms with Crippen molar-refractivity contribution in [1.29, 1.82) is 0 Å². The molecule has 2 amide bonds. The third-order valence-corrected chi connectivity index (χ3v) is 5.13. The molecule has 0 saturated carbocycles. The Balaban J connectivity index is 1.92. The van der Waals surface area contributed by atoms with Crippen LogP contribution in [0, 0.1) is 5.92 Å². The topological polar surface area (TPSA) is 114 Å². The van der Waals surface area contributed by atoms with Gasteiger partial charge in [-0.2, -0.15) is 0 Å². The van der Waals surface area contributed by atoms with Crippen LogP contribution >= 0.6 is 0 Å². The van der Waals surface area contributed by atoms with Gasteiger partial charge in [0.05, 0.1) is 11.5 Å². The van der Waals surface area contributed by atoms with E-state index in [4.69, 9.17) is 4.74 Å². The Hall–Kier alpha value is -2.91. The molecule has 2 aromatic carbocycles. The summed E-state index contributed by atoms with van der Waals surface area (Å²) in [6.45, 7) is 6.15. The lowest BCUT2D eigenvalue weighted by molar-refractivity contribution is -0.114. The van der Waals surface area contributed by atoms with E-state index in [0.717, 1.165) is 6.42 Å². The molecule has 9 heteroatoms. The summed E-state index contributed by atoms with van der Waals surface area (Å²) in [6, 6.07) is 12.0. The van der Waals surface area contributed by atoms with Gasteiger partial charge >= 0.3 is 0 Å². The van der Waals surface area contributed by atoms with Crippen molar-refractivity contribution in [2.45, 2.75) is 32.1 Å². The van der Waals surface area contributed by atoms with Crippen LogP contribution in [0.1, 0.15) is 37.6 Å². The Bertz CT molecular complexity index is 939. The van der Waals surface area contributed by atoms with Crippen molar-refractivity contribution in [1.82, 2.24) is 10.3 Å². The molecule has 0 aliphatic rings. The monoisotopic (exact) mass is 419 g/mol. The highest BCUT2D eigenvalue weighted by Gasteiger charge is 2.16. The summed E-state index contributed by atoms with van der Waals surface area (Å²) in [4.78, 5) is 25.2. The maximum absolute atomic E-state index is 12.3. The third-order valence-electron chi connectivity index (χ3n) is 3.86. The molecule has 0 aliphatic heterocycles. The quantitative estimate of drug-likeness (QED) is 0.541. The molecule has 0 bridgehead atoms. The first-order chi connectivity index (χ1) is 13.7. The Morgan fingerprint density at radius 2 is 1.62 bits per heavy atom. The number of hydrazine groups is 1. The number of amides is 2. The molecular weight excluding hydrogens is 394 g/mol. The van der Waals surface area contributed by atoms with Crippen LogP contribution < -0.4 is 20.3 Å². The number of carbonyl (C=O) groups excluding carboxylic acids is 2. The second-order valence-corrected chi connectivity index (χ2v) is 8.50. The minimum absolute atomic E-state index is 0.0548. The van der Waals surface area contributed by atoms with E-state index in [9.17, 15) is 18.0 Å². The van der Waals surface area contributed by atoms with Crippen molar-refractivity contribution in [3.05, 3.63) is 54.1 Å². The molecule has 0 unspecified atom stereocenters. The van der Waals surface area contributed by atoms with Crippen LogP contribution in [-0.2, 0) is 14.8 Å². The lowest BCUT2D eigenvalue weighted by atomic mass is 10.1. The van der Waals surface area contributed by atoms with Crippen molar-refractivity contribution < 1.29 is 22.7 Å². The fraction of sp³-hybridized carbons (Fsp3) is 0.300. The number of ether oxygens (including phenoxy) is 1. The first-order valence-corrected chi connectivity index (χ1v) is 10.6. The average Bonchev–Trinajstić information content (AvgIpc) is 2.66. The molecule has 0 aromatic heterocycles. The number of rotatable bonds is 9. The highest BCUT2D eigenvalue weighted by atomic mass is 32.2. The minimum atomic E-state index is -3.96. The maximum atomic E-state index is 12.3. The normalized spacial score (nSPS) is 11.2. The molecule has 0 heterocycles. The van der Waals surface area contributed by atoms with E-state index in [-0.39, 0.29) is 16.4 Å². The maximum Gasteiger partial charge on any atom is 0.266 e. The molecular formula is C20H25N3O5S. The Labute approximate surface area is 170 Å². The molecule has 156 valence electrons. The number of anilines is 1. The van der Waals surface area contributed by atoms with Crippen LogP contribution in [0.25, 0.3) is 0 Å². The van der Waals surface area contributed by atoms with Gasteiger partial charge in [0, 0.05) is 18.2 Å². The number of sulfonamides is 1. The van der Waals surface area contributed by atoms with Crippen LogP contribution in [0.15, 0.2) is 53.4 Å². The van der Waals surface area contributed by atoms with Crippen molar-refractivity contribution >= 4 is 27.5 Å². The van der Waals surface area contributed by atoms with Gasteiger partial charge in [-0.15, -0.1) is 4.83 Å². The number of benzene rings is 2. The van der Waals surface area contributed by atoms with Gasteiger partial charge in [-0.25, -0.2) is 8.42 Å². The summed E-state index contributed by atoms with van der Waals surface area (Å²) >= 11 is 0. The van der Waals surface area contributed by atoms with E-state index in [0.29, 0.717) is 24.0 Å². The van der Waals surface area contributed by atoms with Crippen molar-refractivity contribution in [2.24, 2.45) is 5.92 Å². The van der Waals surface area contributed by atoms with Crippen LogP contribution in [0.2, 0.25) is 0 Å². The Kier molecular flexibility index (Phi) is 7.74. The number of hydrogen-bond acceptors (Lipinski definition) is 5. The van der Waals surface area contributed by atoms with Gasteiger partial charge in [0.25, 0.3) is 15.9 Å². The zero-order valence-electron chi connectivity index (χ0n) is 16.6. The minimum Gasteiger partial charge on any atom is -0.494 e. The molecule has 0 atom stereocenters. The summed E-state index contributed by atoms with van der Waals surface area (Å²) in [7, 11) is -3.96. The number of nitrogens with one attached hydrogen (secondary N) is 3. The lowest BCUT2D eigenvalue weighted by Crippen LogP contribution is -2.41. The molecule has 29 heavy (non-hydrogen) atoms. The summed E-state index contributed by atoms with van der Waals surface area (Å²) in [5.41, 5.74) is 2.93. The largest absolute Gasteiger partial charge is 0.494 e. The van der Waals surface area contributed by atoms with E-state index in [1.165, 1.54) is 31.2 Å². The van der Waals surface area contributed by atoms with Gasteiger partial charge in [-0.3, -0.25) is 15.0 Å². The predicted octanol–water partition coefficient (Wildman–Crippen LogP) is 2.69.